The first-order valence-corrected chi connectivity index (χ1v) is 7.07. The topological polar surface area (TPSA) is 47.9 Å². The largest absolute Gasteiger partial charge is 0.371 e. The van der Waals surface area contributed by atoms with E-state index in [1.165, 1.54) is 14.2 Å². The van der Waals surface area contributed by atoms with E-state index in [9.17, 15) is 0 Å². The lowest BCUT2D eigenvalue weighted by Gasteiger charge is -2.40. The van der Waals surface area contributed by atoms with Crippen molar-refractivity contribution in [2.24, 2.45) is 5.92 Å². The highest BCUT2D eigenvalue weighted by Gasteiger charge is 2.84. The average Bonchev–Trinajstić information content (AvgIpc) is 2.63. The molecular weight excluding hydrogens is 338 g/mol. The zero-order chi connectivity index (χ0) is 14.6. The molecule has 0 saturated heterocycles. The molecule has 2 rings (SSSR count). The lowest BCUT2D eigenvalue weighted by Crippen LogP contribution is -2.58. The molecule has 1 saturated carbocycles. The molecule has 1 N–H and O–H groups in total. The fraction of sp³-hybridized carbons (Fsp3) is 0.818. The summed E-state index contributed by atoms with van der Waals surface area (Å²) in [7, 11) is 2.82. The van der Waals surface area contributed by atoms with Crippen LogP contribution in [0.15, 0.2) is 10.1 Å². The van der Waals surface area contributed by atoms with E-state index in [0.717, 1.165) is 0 Å². The number of methoxy groups -OCH3 is 2. The van der Waals surface area contributed by atoms with Crippen molar-refractivity contribution in [3.63, 3.8) is 0 Å². The fourth-order valence-corrected chi connectivity index (χ4v) is 5.39. The van der Waals surface area contributed by atoms with E-state index in [0.29, 0.717) is 0 Å². The van der Waals surface area contributed by atoms with E-state index < -0.39 is 28.4 Å². The van der Waals surface area contributed by atoms with Crippen LogP contribution in [0.4, 0.5) is 0 Å². The third-order valence-electron chi connectivity index (χ3n) is 4.09. The van der Waals surface area contributed by atoms with Gasteiger partial charge in [0.1, 0.15) is 11.7 Å². The second-order valence-electron chi connectivity index (χ2n) is 4.58. The molecule has 2 aliphatic rings. The lowest BCUT2D eigenvalue weighted by molar-refractivity contribution is -0.224. The predicted octanol–water partition coefficient (Wildman–Crippen LogP) is 2.62. The highest BCUT2D eigenvalue weighted by molar-refractivity contribution is 6.52. The summed E-state index contributed by atoms with van der Waals surface area (Å²) in [5, 5.41) is 9.34. The molecule has 4 atom stereocenters. The molecule has 2 unspecified atom stereocenters. The van der Waals surface area contributed by atoms with Crippen LogP contribution in [0.2, 0.25) is 0 Å². The Balaban J connectivity index is 2.70. The monoisotopic (exact) mass is 350 g/mol. The Morgan fingerprint density at radius 1 is 1.11 bits per heavy atom. The number of hydrogen-bond acceptors (Lipinski definition) is 4. The third-order valence-corrected chi connectivity index (χ3v) is 6.79. The first-order valence-electron chi connectivity index (χ1n) is 5.56. The van der Waals surface area contributed by atoms with Crippen LogP contribution in [-0.2, 0) is 14.2 Å². The van der Waals surface area contributed by atoms with Crippen LogP contribution < -0.4 is 0 Å². The van der Waals surface area contributed by atoms with Gasteiger partial charge in [-0.2, -0.15) is 0 Å². The van der Waals surface area contributed by atoms with Gasteiger partial charge < -0.3 is 19.3 Å². The molecular formula is C11H14Cl4O4. The zero-order valence-electron chi connectivity index (χ0n) is 10.5. The van der Waals surface area contributed by atoms with Gasteiger partial charge in [-0.05, 0) is 0 Å². The van der Waals surface area contributed by atoms with E-state index in [4.69, 9.17) is 65.7 Å². The number of aliphatic hydroxyl groups excluding tert-OH is 1. The van der Waals surface area contributed by atoms with Crippen LogP contribution in [0.3, 0.4) is 0 Å². The summed E-state index contributed by atoms with van der Waals surface area (Å²) in [5.74, 6) is -1.86. The first-order chi connectivity index (χ1) is 8.79. The highest BCUT2D eigenvalue weighted by Crippen LogP contribution is 2.72. The predicted molar refractivity (Wildman–Crippen MR) is 73.8 cm³/mol. The highest BCUT2D eigenvalue weighted by atomic mass is 35.5. The van der Waals surface area contributed by atoms with Crippen LogP contribution in [0.5, 0.6) is 0 Å². The molecule has 4 nitrogen and oxygen atoms in total. The van der Waals surface area contributed by atoms with Crippen LogP contribution in [0.1, 0.15) is 6.92 Å². The second-order valence-corrected chi connectivity index (χ2v) is 6.53. The van der Waals surface area contributed by atoms with E-state index in [1.807, 2.05) is 0 Å². The molecule has 19 heavy (non-hydrogen) atoms. The first kappa shape index (κ1) is 16.1. The maximum atomic E-state index is 9.04. The average molecular weight is 352 g/mol. The Labute approximate surface area is 131 Å². The van der Waals surface area contributed by atoms with Crippen LogP contribution in [0.25, 0.3) is 0 Å². The van der Waals surface area contributed by atoms with Crippen molar-refractivity contribution in [3.05, 3.63) is 10.1 Å². The number of alkyl halides is 2. The molecule has 0 aromatic rings. The van der Waals surface area contributed by atoms with Gasteiger partial charge in [0.25, 0.3) is 0 Å². The van der Waals surface area contributed by atoms with Crippen molar-refractivity contribution in [2.75, 3.05) is 21.0 Å². The summed E-state index contributed by atoms with van der Waals surface area (Å²) in [5.41, 5.74) is 0. The molecule has 110 valence electrons. The number of ether oxygens (including phenoxy) is 3. The maximum Gasteiger partial charge on any atom is 0.220 e. The van der Waals surface area contributed by atoms with Crippen molar-refractivity contribution in [1.29, 1.82) is 0 Å². The molecule has 0 spiro atoms. The van der Waals surface area contributed by atoms with E-state index in [1.54, 1.807) is 6.92 Å². The number of rotatable bonds is 4. The maximum absolute atomic E-state index is 9.04. The van der Waals surface area contributed by atoms with Gasteiger partial charge in [-0.3, -0.25) is 0 Å². The molecule has 2 bridgehead atoms. The molecule has 1 fully saturated rings. The summed E-state index contributed by atoms with van der Waals surface area (Å²) in [6.07, 6.45) is -0.702. The molecule has 0 radical (unpaired) electrons. The van der Waals surface area contributed by atoms with Crippen molar-refractivity contribution in [2.45, 2.75) is 28.6 Å². The fourth-order valence-electron chi connectivity index (χ4n) is 3.25. The van der Waals surface area contributed by atoms with Crippen molar-refractivity contribution in [1.82, 2.24) is 0 Å². The summed E-state index contributed by atoms with van der Waals surface area (Å²) in [6.45, 7) is 1.26. The molecule has 2 aliphatic carbocycles. The Morgan fingerprint density at radius 3 is 1.95 bits per heavy atom. The minimum atomic E-state index is -1.48. The number of fused-ring (bicyclic) bond motifs is 2. The number of hydrogen-bond donors (Lipinski definition) is 1. The van der Waals surface area contributed by atoms with E-state index in [-0.39, 0.29) is 16.0 Å². The standard InChI is InChI=1S/C11H14Cl4O4/c1-5-8(19-4-16)10(15)7(13)6(12)9(5,14)11(10,17-2)18-3/h5,8,16H,4H2,1-3H3/t5-,8-,9?,10?/m1/s1. The number of halogens is 4. The van der Waals surface area contributed by atoms with E-state index >= 15 is 0 Å². The third kappa shape index (κ3) is 1.47. The van der Waals surface area contributed by atoms with E-state index in [2.05, 4.69) is 0 Å². The Morgan fingerprint density at radius 2 is 1.58 bits per heavy atom. The molecule has 0 heterocycles. The van der Waals surface area contributed by atoms with Crippen LogP contribution >= 0.6 is 46.4 Å². The van der Waals surface area contributed by atoms with Crippen molar-refractivity contribution >= 4 is 46.4 Å². The molecule has 0 aromatic carbocycles. The minimum absolute atomic E-state index is 0.117. The van der Waals surface area contributed by atoms with Crippen LogP contribution in [0, 0.1) is 5.92 Å². The Hall–Kier alpha value is 0.740. The summed E-state index contributed by atoms with van der Waals surface area (Å²) in [4.78, 5) is -2.70. The summed E-state index contributed by atoms with van der Waals surface area (Å²) < 4.78 is 16.2. The minimum Gasteiger partial charge on any atom is -0.371 e. The van der Waals surface area contributed by atoms with Gasteiger partial charge in [-0.15, -0.1) is 23.2 Å². The molecule has 0 aromatic heterocycles. The normalized spacial score (nSPS) is 44.2. The smallest absolute Gasteiger partial charge is 0.220 e. The van der Waals surface area contributed by atoms with Gasteiger partial charge in [-0.1, -0.05) is 30.1 Å². The van der Waals surface area contributed by atoms with Crippen molar-refractivity contribution < 1.29 is 19.3 Å². The van der Waals surface area contributed by atoms with Gasteiger partial charge in [-0.25, -0.2) is 0 Å². The second kappa shape index (κ2) is 4.89. The van der Waals surface area contributed by atoms with Crippen LogP contribution in [-0.4, -0.2) is 47.8 Å². The zero-order valence-corrected chi connectivity index (χ0v) is 13.6. The SMILES string of the molecule is COC1(OC)C2(Cl)C(Cl)=C(Cl)C1(Cl)[C@H](OCO)[C@H]2C. The molecule has 0 amide bonds. The Kier molecular flexibility index (Phi) is 4.15. The summed E-state index contributed by atoms with van der Waals surface area (Å²) >= 11 is 25.8. The van der Waals surface area contributed by atoms with Gasteiger partial charge in [0, 0.05) is 20.1 Å². The van der Waals surface area contributed by atoms with Crippen molar-refractivity contribution in [3.8, 4) is 0 Å². The summed E-state index contributed by atoms with van der Waals surface area (Å²) in [6, 6.07) is 0. The Bertz CT molecular complexity index is 425. The van der Waals surface area contributed by atoms with Gasteiger partial charge in [0.15, 0.2) is 4.87 Å². The quantitative estimate of drug-likeness (QED) is 0.624. The number of aliphatic hydroxyl groups is 1. The van der Waals surface area contributed by atoms with Gasteiger partial charge in [0.05, 0.1) is 16.2 Å². The van der Waals surface area contributed by atoms with Gasteiger partial charge >= 0.3 is 0 Å². The molecule has 8 heteroatoms. The molecule has 0 aliphatic heterocycles. The van der Waals surface area contributed by atoms with Gasteiger partial charge in [0.2, 0.25) is 5.79 Å². The lowest BCUT2D eigenvalue weighted by atomic mass is 9.91.